The van der Waals surface area contributed by atoms with Gasteiger partial charge in [-0.2, -0.15) is 5.10 Å². The summed E-state index contributed by atoms with van der Waals surface area (Å²) in [6, 6.07) is -1.31. The predicted octanol–water partition coefficient (Wildman–Crippen LogP) is 2.07. The number of hydrogen-bond donors (Lipinski definition) is 1. The number of piperidine rings is 1. The number of carbonyl (C=O) groups excluding carboxylic acids is 3. The van der Waals surface area contributed by atoms with E-state index in [1.807, 2.05) is 13.8 Å². The van der Waals surface area contributed by atoms with Crippen LogP contribution >= 0.6 is 0 Å². The highest BCUT2D eigenvalue weighted by Crippen LogP contribution is 2.36. The van der Waals surface area contributed by atoms with Gasteiger partial charge in [-0.3, -0.25) is 19.2 Å². The average Bonchev–Trinajstić information content (AvgIpc) is 3.18. The molecule has 1 aromatic heterocycles. The van der Waals surface area contributed by atoms with Crippen LogP contribution in [0.5, 0.6) is 0 Å². The summed E-state index contributed by atoms with van der Waals surface area (Å²) in [6.45, 7) is 10.3. The Balaban J connectivity index is 1.74. The normalized spacial score (nSPS) is 24.1. The Morgan fingerprint density at radius 2 is 1.97 bits per heavy atom. The monoisotopic (exact) mass is 419 g/mol. The van der Waals surface area contributed by atoms with Gasteiger partial charge in [-0.05, 0) is 45.4 Å². The highest BCUT2D eigenvalue weighted by molar-refractivity contribution is 6.02. The molecule has 2 saturated heterocycles. The van der Waals surface area contributed by atoms with Crippen LogP contribution in [0.4, 0.5) is 10.5 Å². The van der Waals surface area contributed by atoms with Gasteiger partial charge in [-0.1, -0.05) is 13.8 Å². The number of aryl methyl sites for hydroxylation is 1. The number of likely N-dealkylation sites (tertiary alicyclic amines) is 1. The van der Waals surface area contributed by atoms with Crippen LogP contribution in [0, 0.1) is 5.41 Å². The van der Waals surface area contributed by atoms with E-state index >= 15 is 0 Å². The minimum atomic E-state index is -0.693. The topological polar surface area (TPSA) is 96.8 Å². The lowest BCUT2D eigenvalue weighted by Crippen LogP contribution is -2.61. The molecule has 0 radical (unpaired) electrons. The first-order chi connectivity index (χ1) is 13.9. The second-order valence-corrected chi connectivity index (χ2v) is 9.88. The van der Waals surface area contributed by atoms with Crippen LogP contribution in [0.25, 0.3) is 0 Å². The molecule has 2 atom stereocenters. The average molecular weight is 420 g/mol. The van der Waals surface area contributed by atoms with E-state index in [1.54, 1.807) is 49.8 Å². The molecule has 3 rings (SSSR count). The van der Waals surface area contributed by atoms with Crippen LogP contribution in [0.15, 0.2) is 12.4 Å². The summed E-state index contributed by atoms with van der Waals surface area (Å²) in [5.74, 6) is -0.467. The summed E-state index contributed by atoms with van der Waals surface area (Å²) in [6.07, 6.45) is 5.04. The van der Waals surface area contributed by atoms with Crippen molar-refractivity contribution in [2.24, 2.45) is 12.5 Å². The fourth-order valence-electron chi connectivity index (χ4n) is 4.27. The van der Waals surface area contributed by atoms with Crippen LogP contribution in [0.1, 0.15) is 53.9 Å². The van der Waals surface area contributed by atoms with Crippen LogP contribution in [0.3, 0.4) is 0 Å². The maximum atomic E-state index is 13.3. The standard InChI is InChI=1S/C21H33N5O4/c1-20(2,3)30-19(29)26-10-7-9-21(4,5)16(26)17(27)23-15-8-11-25(18(15)28)14-12-22-24(6)13-14/h12-13,15-16H,7-11H2,1-6H3,(H,23,27). The Morgan fingerprint density at radius 3 is 2.57 bits per heavy atom. The van der Waals surface area contributed by atoms with Crippen molar-refractivity contribution < 1.29 is 19.1 Å². The SMILES string of the molecule is Cn1cc(N2CCC(NC(=O)C3N(C(=O)OC(C)(C)C)CCCC3(C)C)C2=O)cn1. The summed E-state index contributed by atoms with van der Waals surface area (Å²) < 4.78 is 7.18. The molecule has 1 aromatic rings. The maximum absolute atomic E-state index is 13.3. The second-order valence-electron chi connectivity index (χ2n) is 9.88. The van der Waals surface area contributed by atoms with Crippen molar-refractivity contribution in [2.75, 3.05) is 18.0 Å². The fourth-order valence-corrected chi connectivity index (χ4v) is 4.27. The molecule has 0 aromatic carbocycles. The Labute approximate surface area is 177 Å². The van der Waals surface area contributed by atoms with Crippen molar-refractivity contribution in [3.63, 3.8) is 0 Å². The van der Waals surface area contributed by atoms with Gasteiger partial charge >= 0.3 is 6.09 Å². The maximum Gasteiger partial charge on any atom is 0.410 e. The molecule has 0 saturated carbocycles. The van der Waals surface area contributed by atoms with E-state index in [1.165, 1.54) is 4.90 Å². The lowest BCUT2D eigenvalue weighted by Gasteiger charge is -2.45. The number of anilines is 1. The molecular formula is C21H33N5O4. The third-order valence-electron chi connectivity index (χ3n) is 5.67. The van der Waals surface area contributed by atoms with E-state index in [0.717, 1.165) is 12.8 Å². The minimum Gasteiger partial charge on any atom is -0.444 e. The van der Waals surface area contributed by atoms with Gasteiger partial charge in [0.1, 0.15) is 17.7 Å². The van der Waals surface area contributed by atoms with Crippen molar-refractivity contribution in [1.29, 1.82) is 0 Å². The first kappa shape index (κ1) is 22.1. The smallest absolute Gasteiger partial charge is 0.410 e. The van der Waals surface area contributed by atoms with E-state index in [4.69, 9.17) is 4.74 Å². The van der Waals surface area contributed by atoms with E-state index in [2.05, 4.69) is 10.4 Å². The molecule has 0 spiro atoms. The first-order valence-electron chi connectivity index (χ1n) is 10.5. The molecular weight excluding hydrogens is 386 g/mol. The minimum absolute atomic E-state index is 0.159. The zero-order chi connectivity index (χ0) is 22.3. The predicted molar refractivity (Wildman–Crippen MR) is 112 cm³/mol. The van der Waals surface area contributed by atoms with Gasteiger partial charge in [0.2, 0.25) is 11.8 Å². The van der Waals surface area contributed by atoms with Crippen molar-refractivity contribution in [3.05, 3.63) is 12.4 Å². The Kier molecular flexibility index (Phi) is 5.84. The lowest BCUT2D eigenvalue weighted by molar-refractivity contribution is -0.135. The first-order valence-corrected chi connectivity index (χ1v) is 10.5. The summed E-state index contributed by atoms with van der Waals surface area (Å²) in [7, 11) is 1.79. The van der Waals surface area contributed by atoms with Crippen LogP contribution in [-0.2, 0) is 21.4 Å². The molecule has 166 valence electrons. The highest BCUT2D eigenvalue weighted by atomic mass is 16.6. The molecule has 3 heterocycles. The zero-order valence-electron chi connectivity index (χ0n) is 18.8. The van der Waals surface area contributed by atoms with Crippen molar-refractivity contribution in [1.82, 2.24) is 20.0 Å². The molecule has 2 aliphatic rings. The number of aromatic nitrogens is 2. The fraction of sp³-hybridized carbons (Fsp3) is 0.714. The molecule has 2 aliphatic heterocycles. The summed E-state index contributed by atoms with van der Waals surface area (Å²) in [4.78, 5) is 42.1. The molecule has 0 bridgehead atoms. The highest BCUT2D eigenvalue weighted by Gasteiger charge is 2.47. The van der Waals surface area contributed by atoms with E-state index < -0.39 is 29.2 Å². The number of carbonyl (C=O) groups is 3. The van der Waals surface area contributed by atoms with E-state index in [9.17, 15) is 14.4 Å². The lowest BCUT2D eigenvalue weighted by atomic mass is 9.76. The summed E-state index contributed by atoms with van der Waals surface area (Å²) >= 11 is 0. The van der Waals surface area contributed by atoms with Crippen LogP contribution in [-0.4, -0.2) is 63.4 Å². The van der Waals surface area contributed by atoms with Gasteiger partial charge in [0.15, 0.2) is 0 Å². The van der Waals surface area contributed by atoms with Crippen molar-refractivity contribution in [3.8, 4) is 0 Å². The van der Waals surface area contributed by atoms with Crippen LogP contribution < -0.4 is 10.2 Å². The quantitative estimate of drug-likeness (QED) is 0.809. The second kappa shape index (κ2) is 7.92. The summed E-state index contributed by atoms with van der Waals surface area (Å²) in [5, 5.41) is 7.01. The largest absolute Gasteiger partial charge is 0.444 e. The van der Waals surface area contributed by atoms with Gasteiger partial charge in [0.25, 0.3) is 0 Å². The summed E-state index contributed by atoms with van der Waals surface area (Å²) in [5.41, 5.74) is -0.359. The molecule has 0 aliphatic carbocycles. The van der Waals surface area contributed by atoms with Crippen LogP contribution in [0.2, 0.25) is 0 Å². The number of hydrogen-bond acceptors (Lipinski definition) is 5. The number of amides is 3. The van der Waals surface area contributed by atoms with Crippen molar-refractivity contribution in [2.45, 2.75) is 71.6 Å². The van der Waals surface area contributed by atoms with E-state index in [-0.39, 0.29) is 11.8 Å². The number of ether oxygens (including phenoxy) is 1. The number of nitrogens with one attached hydrogen (secondary N) is 1. The molecule has 9 heteroatoms. The molecule has 1 N–H and O–H groups in total. The third kappa shape index (κ3) is 4.60. The number of rotatable bonds is 3. The van der Waals surface area contributed by atoms with Gasteiger partial charge < -0.3 is 15.0 Å². The van der Waals surface area contributed by atoms with Gasteiger partial charge in [-0.25, -0.2) is 4.79 Å². The molecule has 30 heavy (non-hydrogen) atoms. The third-order valence-corrected chi connectivity index (χ3v) is 5.67. The molecule has 2 unspecified atom stereocenters. The molecule has 9 nitrogen and oxygen atoms in total. The van der Waals surface area contributed by atoms with Gasteiger partial charge in [0.05, 0.1) is 11.9 Å². The van der Waals surface area contributed by atoms with Gasteiger partial charge in [-0.15, -0.1) is 0 Å². The zero-order valence-corrected chi connectivity index (χ0v) is 18.8. The Morgan fingerprint density at radius 1 is 1.27 bits per heavy atom. The van der Waals surface area contributed by atoms with Crippen molar-refractivity contribution >= 4 is 23.6 Å². The Bertz CT molecular complexity index is 826. The number of nitrogens with zero attached hydrogens (tertiary/aromatic N) is 4. The Hall–Kier alpha value is -2.58. The van der Waals surface area contributed by atoms with Gasteiger partial charge in [0, 0.05) is 26.3 Å². The molecule has 3 amide bonds. The molecule has 2 fully saturated rings. The van der Waals surface area contributed by atoms with E-state index in [0.29, 0.717) is 25.2 Å².